The smallest absolute Gasteiger partial charge is 0.417 e. The Morgan fingerprint density at radius 1 is 1.19 bits per heavy atom. The van der Waals surface area contributed by atoms with E-state index in [0.29, 0.717) is 13.0 Å². The van der Waals surface area contributed by atoms with Crippen molar-refractivity contribution in [2.45, 2.75) is 51.2 Å². The SMILES string of the molecule is CC(=O)c1cc(NC(=O)[C@@H]2O[C@@](C)(C(F)(F)F)[C@@H](C)[C@H]2c2ccc(F)c(F)c2OC(F)F)cc[nH+]1.[OH-]. The molecule has 1 saturated heterocycles. The molecule has 36 heavy (non-hydrogen) atoms. The summed E-state index contributed by atoms with van der Waals surface area (Å²) in [5.41, 5.74) is -3.46. The second kappa shape index (κ2) is 10.4. The van der Waals surface area contributed by atoms with E-state index >= 15 is 0 Å². The lowest BCUT2D eigenvalue weighted by molar-refractivity contribution is -0.381. The predicted molar refractivity (Wildman–Crippen MR) is 108 cm³/mol. The number of aromatic amines is 1. The van der Waals surface area contributed by atoms with Crippen molar-refractivity contribution in [3.8, 4) is 5.75 Å². The second-order valence-corrected chi connectivity index (χ2v) is 8.15. The molecule has 14 heteroatoms. The molecule has 0 radical (unpaired) electrons. The molecule has 4 atom stereocenters. The molecule has 1 fully saturated rings. The Labute approximate surface area is 199 Å². The van der Waals surface area contributed by atoms with Crippen LogP contribution in [0.2, 0.25) is 0 Å². The second-order valence-electron chi connectivity index (χ2n) is 8.15. The zero-order chi connectivity index (χ0) is 26.3. The number of pyridine rings is 1. The number of hydrogen-bond acceptors (Lipinski definition) is 5. The largest absolute Gasteiger partial charge is 0.870 e. The number of anilines is 1. The van der Waals surface area contributed by atoms with Crippen molar-refractivity contribution < 1.29 is 60.3 Å². The van der Waals surface area contributed by atoms with Gasteiger partial charge in [-0.05, 0) is 13.0 Å². The first-order valence-corrected chi connectivity index (χ1v) is 10.2. The Bertz CT molecular complexity index is 1140. The molecule has 3 rings (SSSR count). The minimum absolute atomic E-state index is 0. The number of Topliss-reactive ketones (excluding diaryl/α,β-unsaturated/α-hetero) is 1. The van der Waals surface area contributed by atoms with Gasteiger partial charge < -0.3 is 20.3 Å². The highest BCUT2D eigenvalue weighted by atomic mass is 19.4. The minimum atomic E-state index is -5.02. The first-order chi connectivity index (χ1) is 16.2. The van der Waals surface area contributed by atoms with Crippen LogP contribution < -0.4 is 15.0 Å². The number of benzene rings is 1. The van der Waals surface area contributed by atoms with Gasteiger partial charge in [0.25, 0.3) is 5.91 Å². The van der Waals surface area contributed by atoms with E-state index in [9.17, 15) is 40.3 Å². The maximum Gasteiger partial charge on any atom is 0.417 e. The van der Waals surface area contributed by atoms with E-state index in [-0.39, 0.29) is 16.9 Å². The number of carbonyl (C=O) groups excluding carboxylic acids is 2. The van der Waals surface area contributed by atoms with E-state index in [2.05, 4.69) is 15.0 Å². The maximum absolute atomic E-state index is 14.4. The van der Waals surface area contributed by atoms with E-state index in [0.717, 1.165) is 13.0 Å². The molecule has 198 valence electrons. The Balaban J connectivity index is 0.00000456. The fraction of sp³-hybridized carbons (Fsp3) is 0.409. The van der Waals surface area contributed by atoms with Gasteiger partial charge in [0.15, 0.2) is 23.4 Å². The van der Waals surface area contributed by atoms with Gasteiger partial charge >= 0.3 is 12.8 Å². The van der Waals surface area contributed by atoms with Gasteiger partial charge in [0, 0.05) is 36.5 Å². The number of ether oxygens (including phenoxy) is 2. The minimum Gasteiger partial charge on any atom is -0.870 e. The van der Waals surface area contributed by atoms with Crippen molar-refractivity contribution in [3.05, 3.63) is 53.4 Å². The van der Waals surface area contributed by atoms with Crippen molar-refractivity contribution >= 4 is 17.4 Å². The van der Waals surface area contributed by atoms with Crippen LogP contribution >= 0.6 is 0 Å². The summed E-state index contributed by atoms with van der Waals surface area (Å²) < 4.78 is 105. The molecule has 1 aromatic heterocycles. The standard InChI is InChI=1S/C22H19F7N2O4.H2O/c1-9-15(12-4-5-13(23)16(24)17(12)34-20(25)26)18(35-21(9,3)22(27,28)29)19(33)31-11-6-7-30-14(8-11)10(2)32;/h4-9,15,18,20H,1-3H3,(H,30,31,33);1H2/t9-,15-,18+,21+;/m0./s1. The zero-order valence-electron chi connectivity index (χ0n) is 18.9. The normalized spacial score (nSPS) is 23.8. The predicted octanol–water partition coefficient (Wildman–Crippen LogP) is 4.48. The summed E-state index contributed by atoms with van der Waals surface area (Å²) in [5, 5.41) is 2.31. The van der Waals surface area contributed by atoms with Gasteiger partial charge in [0.05, 0.1) is 5.69 Å². The summed E-state index contributed by atoms with van der Waals surface area (Å²) in [7, 11) is 0. The molecule has 2 aromatic rings. The van der Waals surface area contributed by atoms with Crippen LogP contribution in [0.15, 0.2) is 30.5 Å². The zero-order valence-corrected chi connectivity index (χ0v) is 18.9. The van der Waals surface area contributed by atoms with Crippen LogP contribution in [0, 0.1) is 17.6 Å². The van der Waals surface area contributed by atoms with Crippen molar-refractivity contribution in [3.63, 3.8) is 0 Å². The molecular formula is C22H21F7N2O5. The molecular weight excluding hydrogens is 505 g/mol. The summed E-state index contributed by atoms with van der Waals surface area (Å²) in [6.07, 6.45) is -5.71. The Kier molecular flexibility index (Phi) is 8.36. The van der Waals surface area contributed by atoms with Gasteiger partial charge in [-0.25, -0.2) is 9.37 Å². The molecule has 1 aliphatic rings. The van der Waals surface area contributed by atoms with Crippen LogP contribution in [0.5, 0.6) is 5.75 Å². The first-order valence-electron chi connectivity index (χ1n) is 10.2. The summed E-state index contributed by atoms with van der Waals surface area (Å²) >= 11 is 0. The molecule has 0 spiro atoms. The summed E-state index contributed by atoms with van der Waals surface area (Å²) in [5.74, 6) is -9.58. The summed E-state index contributed by atoms with van der Waals surface area (Å²) in [6.45, 7) is -0.687. The molecule has 0 aliphatic carbocycles. The third-order valence-electron chi connectivity index (χ3n) is 6.02. The number of carbonyl (C=O) groups is 2. The average molecular weight is 526 g/mol. The number of nitrogens with one attached hydrogen (secondary N) is 2. The number of ketones is 1. The van der Waals surface area contributed by atoms with Gasteiger partial charge in [0.2, 0.25) is 17.3 Å². The molecule has 1 aliphatic heterocycles. The van der Waals surface area contributed by atoms with Gasteiger partial charge in [-0.2, -0.15) is 26.3 Å². The van der Waals surface area contributed by atoms with Crippen LogP contribution in [-0.4, -0.2) is 41.7 Å². The van der Waals surface area contributed by atoms with Crippen molar-refractivity contribution in [1.82, 2.24) is 0 Å². The highest BCUT2D eigenvalue weighted by Crippen LogP contribution is 2.55. The molecule has 1 aromatic carbocycles. The fourth-order valence-electron chi connectivity index (χ4n) is 4.00. The lowest BCUT2D eigenvalue weighted by Crippen LogP contribution is -2.47. The number of halogens is 7. The number of H-pyrrole nitrogens is 1. The van der Waals surface area contributed by atoms with E-state index in [1.165, 1.54) is 25.3 Å². The Morgan fingerprint density at radius 2 is 1.83 bits per heavy atom. The monoisotopic (exact) mass is 526 g/mol. The molecule has 0 unspecified atom stereocenters. The lowest BCUT2D eigenvalue weighted by Gasteiger charge is -2.32. The van der Waals surface area contributed by atoms with Crippen molar-refractivity contribution in [2.24, 2.45) is 5.92 Å². The number of alkyl halides is 5. The maximum atomic E-state index is 14.4. The van der Waals surface area contributed by atoms with E-state index in [4.69, 9.17) is 4.74 Å². The summed E-state index contributed by atoms with van der Waals surface area (Å²) in [6, 6.07) is 3.83. The third-order valence-corrected chi connectivity index (χ3v) is 6.02. The lowest BCUT2D eigenvalue weighted by atomic mass is 9.77. The quantitative estimate of drug-likeness (QED) is 0.441. The molecule has 7 nitrogen and oxygen atoms in total. The average Bonchev–Trinajstić information content (AvgIpc) is 3.04. The molecule has 0 saturated carbocycles. The van der Waals surface area contributed by atoms with Crippen LogP contribution in [0.1, 0.15) is 42.7 Å². The Morgan fingerprint density at radius 3 is 2.39 bits per heavy atom. The van der Waals surface area contributed by atoms with Crippen LogP contribution in [0.25, 0.3) is 0 Å². The van der Waals surface area contributed by atoms with E-state index in [1.54, 1.807) is 0 Å². The number of amides is 1. The van der Waals surface area contributed by atoms with Crippen LogP contribution in [0.4, 0.5) is 36.4 Å². The third kappa shape index (κ3) is 5.28. The van der Waals surface area contributed by atoms with Gasteiger partial charge in [-0.3, -0.25) is 9.59 Å². The van der Waals surface area contributed by atoms with E-state index in [1.807, 2.05) is 0 Å². The van der Waals surface area contributed by atoms with Crippen LogP contribution in [0.3, 0.4) is 0 Å². The topological polar surface area (TPSA) is 109 Å². The van der Waals surface area contributed by atoms with Gasteiger partial charge in [-0.1, -0.05) is 13.0 Å². The number of aromatic nitrogens is 1. The molecule has 2 heterocycles. The van der Waals surface area contributed by atoms with Crippen LogP contribution in [-0.2, 0) is 9.53 Å². The molecule has 1 amide bonds. The van der Waals surface area contributed by atoms with Crippen molar-refractivity contribution in [2.75, 3.05) is 5.32 Å². The van der Waals surface area contributed by atoms with Crippen molar-refractivity contribution in [1.29, 1.82) is 0 Å². The summed E-state index contributed by atoms with van der Waals surface area (Å²) in [4.78, 5) is 27.3. The number of hydrogen-bond donors (Lipinski definition) is 1. The highest BCUT2D eigenvalue weighted by molar-refractivity contribution is 5.97. The fourth-order valence-corrected chi connectivity index (χ4v) is 4.00. The number of rotatable bonds is 6. The van der Waals surface area contributed by atoms with Gasteiger partial charge in [0.1, 0.15) is 6.10 Å². The molecule has 0 bridgehead atoms. The first kappa shape index (κ1) is 29.0. The highest BCUT2D eigenvalue weighted by Gasteiger charge is 2.66. The molecule has 3 N–H and O–H groups in total. The Hall–Kier alpha value is -3.26. The van der Waals surface area contributed by atoms with Gasteiger partial charge in [-0.15, -0.1) is 0 Å². The van der Waals surface area contributed by atoms with E-state index < -0.39 is 71.0 Å².